The Balaban J connectivity index is 2.62. The highest BCUT2D eigenvalue weighted by Gasteiger charge is 2.06. The van der Waals surface area contributed by atoms with E-state index in [1.807, 2.05) is 17.7 Å². The molecule has 0 aromatic carbocycles. The van der Waals surface area contributed by atoms with Crippen LogP contribution in [0.3, 0.4) is 0 Å². The first-order chi connectivity index (χ1) is 6.53. The molecule has 1 heterocycles. The van der Waals surface area contributed by atoms with Gasteiger partial charge in [0.05, 0.1) is 6.26 Å². The Morgan fingerprint density at radius 1 is 1.57 bits per heavy atom. The molecule has 1 aromatic rings. The van der Waals surface area contributed by atoms with Gasteiger partial charge in [0.1, 0.15) is 12.4 Å². The maximum Gasteiger partial charge on any atom is 0.264 e. The minimum absolute atomic E-state index is 0.00579. The second-order valence-electron chi connectivity index (χ2n) is 3.00. The van der Waals surface area contributed by atoms with Gasteiger partial charge in [0, 0.05) is 18.9 Å². The molecule has 0 N–H and O–H groups in total. The van der Waals surface area contributed by atoms with E-state index in [9.17, 15) is 8.42 Å². The Bertz CT molecular complexity index is 383. The van der Waals surface area contributed by atoms with Crippen molar-refractivity contribution >= 4 is 10.1 Å². The normalized spacial score (nSPS) is 11.9. The Labute approximate surface area is 83.8 Å². The fraction of sp³-hybridized carbons (Fsp3) is 0.625. The molecule has 0 amide bonds. The molecule has 80 valence electrons. The van der Waals surface area contributed by atoms with E-state index >= 15 is 0 Å². The molecular formula is C8H14N2O3S. The summed E-state index contributed by atoms with van der Waals surface area (Å²) < 4.78 is 28.0. The second kappa shape index (κ2) is 4.56. The van der Waals surface area contributed by atoms with Crippen molar-refractivity contribution in [1.82, 2.24) is 9.55 Å². The minimum atomic E-state index is -3.39. The first-order valence-corrected chi connectivity index (χ1v) is 6.19. The minimum Gasteiger partial charge on any atom is -0.333 e. The van der Waals surface area contributed by atoms with E-state index in [1.165, 1.54) is 0 Å². The molecule has 0 unspecified atom stereocenters. The van der Waals surface area contributed by atoms with Crippen LogP contribution in [0.5, 0.6) is 0 Å². The molecule has 0 aliphatic rings. The number of aromatic nitrogens is 2. The van der Waals surface area contributed by atoms with Crippen molar-refractivity contribution in [3.05, 3.63) is 18.2 Å². The number of imidazole rings is 1. The summed E-state index contributed by atoms with van der Waals surface area (Å²) in [6.45, 7) is 2.87. The summed E-state index contributed by atoms with van der Waals surface area (Å²) in [5, 5.41) is 0. The van der Waals surface area contributed by atoms with Crippen LogP contribution in [0.25, 0.3) is 0 Å². The van der Waals surface area contributed by atoms with Gasteiger partial charge in [0.2, 0.25) is 0 Å². The molecular weight excluding hydrogens is 204 g/mol. The highest BCUT2D eigenvalue weighted by molar-refractivity contribution is 7.85. The first-order valence-electron chi connectivity index (χ1n) is 4.37. The third-order valence-electron chi connectivity index (χ3n) is 1.67. The van der Waals surface area contributed by atoms with Gasteiger partial charge in [-0.3, -0.25) is 4.18 Å². The summed E-state index contributed by atoms with van der Waals surface area (Å²) in [6.07, 6.45) is 5.45. The Morgan fingerprint density at radius 3 is 2.86 bits per heavy atom. The lowest BCUT2D eigenvalue weighted by Gasteiger charge is -2.05. The van der Waals surface area contributed by atoms with Gasteiger partial charge in [-0.05, 0) is 6.42 Å². The van der Waals surface area contributed by atoms with Gasteiger partial charge in [-0.15, -0.1) is 0 Å². The van der Waals surface area contributed by atoms with Crippen molar-refractivity contribution in [2.45, 2.75) is 26.5 Å². The third kappa shape index (κ3) is 3.47. The SMILES string of the molecule is CCCn1ccnc1COS(C)(=O)=O. The average molecular weight is 218 g/mol. The molecule has 0 spiro atoms. The predicted molar refractivity (Wildman–Crippen MR) is 52.2 cm³/mol. The standard InChI is InChI=1S/C8H14N2O3S/c1-3-5-10-6-4-9-8(10)7-13-14(2,11)12/h4,6H,3,5,7H2,1-2H3. The molecule has 1 aromatic heterocycles. The van der Waals surface area contributed by atoms with Crippen LogP contribution in [0, 0.1) is 0 Å². The van der Waals surface area contributed by atoms with Gasteiger partial charge in [0.15, 0.2) is 0 Å². The van der Waals surface area contributed by atoms with E-state index in [-0.39, 0.29) is 6.61 Å². The molecule has 1 rings (SSSR count). The van der Waals surface area contributed by atoms with Crippen molar-refractivity contribution in [3.63, 3.8) is 0 Å². The molecule has 0 saturated carbocycles. The Kier molecular flexibility index (Phi) is 3.65. The number of rotatable bonds is 5. The van der Waals surface area contributed by atoms with Gasteiger partial charge < -0.3 is 4.57 Å². The van der Waals surface area contributed by atoms with Crippen molar-refractivity contribution in [3.8, 4) is 0 Å². The molecule has 0 saturated heterocycles. The quantitative estimate of drug-likeness (QED) is 0.685. The highest BCUT2D eigenvalue weighted by atomic mass is 32.2. The topological polar surface area (TPSA) is 61.2 Å². The summed E-state index contributed by atoms with van der Waals surface area (Å²) in [5.41, 5.74) is 0. The second-order valence-corrected chi connectivity index (χ2v) is 4.65. The molecule has 0 bridgehead atoms. The number of hydrogen-bond donors (Lipinski definition) is 0. The summed E-state index contributed by atoms with van der Waals surface area (Å²) in [6, 6.07) is 0. The maximum absolute atomic E-state index is 10.7. The third-order valence-corrected chi connectivity index (χ3v) is 2.21. The fourth-order valence-electron chi connectivity index (χ4n) is 1.08. The number of nitrogens with zero attached hydrogens (tertiary/aromatic N) is 2. The fourth-order valence-corrected chi connectivity index (χ4v) is 1.40. The number of aryl methyl sites for hydroxylation is 1. The van der Waals surface area contributed by atoms with Crippen molar-refractivity contribution < 1.29 is 12.6 Å². The van der Waals surface area contributed by atoms with E-state index in [1.54, 1.807) is 6.20 Å². The lowest BCUT2D eigenvalue weighted by atomic mass is 10.4. The summed E-state index contributed by atoms with van der Waals surface area (Å²) in [4.78, 5) is 4.01. The molecule has 0 radical (unpaired) electrons. The molecule has 0 fully saturated rings. The molecule has 0 aliphatic carbocycles. The van der Waals surface area contributed by atoms with Crippen LogP contribution in [0.1, 0.15) is 19.2 Å². The van der Waals surface area contributed by atoms with Crippen molar-refractivity contribution in [2.75, 3.05) is 6.26 Å². The van der Waals surface area contributed by atoms with Crippen molar-refractivity contribution in [2.24, 2.45) is 0 Å². The zero-order valence-electron chi connectivity index (χ0n) is 8.30. The van der Waals surface area contributed by atoms with E-state index in [0.29, 0.717) is 5.82 Å². The van der Waals surface area contributed by atoms with Crippen LogP contribution in [0.4, 0.5) is 0 Å². The zero-order chi connectivity index (χ0) is 10.6. The largest absolute Gasteiger partial charge is 0.333 e. The van der Waals surface area contributed by atoms with Crippen LogP contribution < -0.4 is 0 Å². The van der Waals surface area contributed by atoms with Gasteiger partial charge in [0.25, 0.3) is 10.1 Å². The monoisotopic (exact) mass is 218 g/mol. The summed E-state index contributed by atoms with van der Waals surface area (Å²) in [5.74, 6) is 0.636. The molecule has 14 heavy (non-hydrogen) atoms. The number of hydrogen-bond acceptors (Lipinski definition) is 4. The molecule has 0 atom stereocenters. The Hall–Kier alpha value is -0.880. The smallest absolute Gasteiger partial charge is 0.264 e. The van der Waals surface area contributed by atoms with Gasteiger partial charge in [-0.2, -0.15) is 8.42 Å². The maximum atomic E-state index is 10.7. The van der Waals surface area contributed by atoms with Gasteiger partial charge in [-0.25, -0.2) is 4.98 Å². The van der Waals surface area contributed by atoms with E-state index in [4.69, 9.17) is 0 Å². The van der Waals surface area contributed by atoms with Gasteiger partial charge >= 0.3 is 0 Å². The lowest BCUT2D eigenvalue weighted by molar-refractivity contribution is 0.295. The molecule has 5 nitrogen and oxygen atoms in total. The Morgan fingerprint density at radius 2 is 2.29 bits per heavy atom. The van der Waals surface area contributed by atoms with E-state index in [0.717, 1.165) is 19.2 Å². The lowest BCUT2D eigenvalue weighted by Crippen LogP contribution is -2.08. The highest BCUT2D eigenvalue weighted by Crippen LogP contribution is 2.03. The molecule has 0 aliphatic heterocycles. The predicted octanol–water partition coefficient (Wildman–Crippen LogP) is 0.769. The molecule has 6 heteroatoms. The summed E-state index contributed by atoms with van der Waals surface area (Å²) in [7, 11) is -3.39. The van der Waals surface area contributed by atoms with Crippen LogP contribution in [-0.2, 0) is 27.5 Å². The van der Waals surface area contributed by atoms with Gasteiger partial charge in [-0.1, -0.05) is 6.92 Å². The summed E-state index contributed by atoms with van der Waals surface area (Å²) >= 11 is 0. The van der Waals surface area contributed by atoms with Crippen LogP contribution in [0.2, 0.25) is 0 Å². The van der Waals surface area contributed by atoms with Crippen LogP contribution in [-0.4, -0.2) is 24.2 Å². The zero-order valence-corrected chi connectivity index (χ0v) is 9.12. The van der Waals surface area contributed by atoms with Crippen molar-refractivity contribution in [1.29, 1.82) is 0 Å². The van der Waals surface area contributed by atoms with Crippen LogP contribution >= 0.6 is 0 Å². The van der Waals surface area contributed by atoms with Crippen LogP contribution in [0.15, 0.2) is 12.4 Å². The average Bonchev–Trinajstić information content (AvgIpc) is 2.48. The van der Waals surface area contributed by atoms with E-state index < -0.39 is 10.1 Å². The van der Waals surface area contributed by atoms with E-state index in [2.05, 4.69) is 9.17 Å². The first kappa shape index (κ1) is 11.2.